The first-order chi connectivity index (χ1) is 10.2. The predicted molar refractivity (Wildman–Crippen MR) is 74.7 cm³/mol. The highest BCUT2D eigenvalue weighted by atomic mass is 35.5. The van der Waals surface area contributed by atoms with Crippen LogP contribution in [0, 0.1) is 5.92 Å². The fourth-order valence-corrected chi connectivity index (χ4v) is 2.23. The van der Waals surface area contributed by atoms with Crippen molar-refractivity contribution >= 4 is 23.4 Å². The van der Waals surface area contributed by atoms with E-state index in [1.165, 1.54) is 12.1 Å². The number of nitrogens with one attached hydrogen (secondary N) is 1. The molecule has 1 heterocycles. The van der Waals surface area contributed by atoms with Gasteiger partial charge < -0.3 is 9.47 Å². The SMILES string of the molecule is CC(C)CCOC1(C(F)(F)F)OC(=O)Nc2ccc(Cl)cc21. The summed E-state index contributed by atoms with van der Waals surface area (Å²) in [5, 5.41) is 2.30. The Morgan fingerprint density at radius 2 is 2.09 bits per heavy atom. The summed E-state index contributed by atoms with van der Waals surface area (Å²) in [7, 11) is 0. The molecule has 1 unspecified atom stereocenters. The number of carbonyl (C=O) groups excluding carboxylic acids is 1. The number of anilines is 1. The lowest BCUT2D eigenvalue weighted by molar-refractivity contribution is -0.372. The first kappa shape index (κ1) is 16.9. The molecule has 8 heteroatoms. The Kier molecular flexibility index (Phi) is 4.58. The summed E-state index contributed by atoms with van der Waals surface area (Å²) in [5.74, 6) is -3.01. The molecule has 1 atom stereocenters. The highest BCUT2D eigenvalue weighted by Gasteiger charge is 2.64. The average molecular weight is 338 g/mol. The molecule has 1 N–H and O–H groups in total. The van der Waals surface area contributed by atoms with Gasteiger partial charge in [0.25, 0.3) is 0 Å². The van der Waals surface area contributed by atoms with Crippen LogP contribution >= 0.6 is 11.6 Å². The predicted octanol–water partition coefficient (Wildman–Crippen LogP) is 4.68. The van der Waals surface area contributed by atoms with Crippen molar-refractivity contribution in [2.45, 2.75) is 32.2 Å². The van der Waals surface area contributed by atoms with Crippen molar-refractivity contribution in [3.05, 3.63) is 28.8 Å². The number of rotatable bonds is 4. The Labute approximate surface area is 130 Å². The summed E-state index contributed by atoms with van der Waals surface area (Å²) in [6, 6.07) is 3.74. The molecule has 0 saturated carbocycles. The molecule has 2 rings (SSSR count). The van der Waals surface area contributed by atoms with Crippen LogP contribution < -0.4 is 5.32 Å². The number of amides is 1. The van der Waals surface area contributed by atoms with Crippen LogP contribution in [0.2, 0.25) is 5.02 Å². The number of hydrogen-bond acceptors (Lipinski definition) is 3. The monoisotopic (exact) mass is 337 g/mol. The lowest BCUT2D eigenvalue weighted by atomic mass is 10.0. The minimum Gasteiger partial charge on any atom is -0.402 e. The molecule has 0 aliphatic carbocycles. The molecule has 0 aromatic heterocycles. The number of halogens is 4. The van der Waals surface area contributed by atoms with Crippen molar-refractivity contribution < 1.29 is 27.4 Å². The first-order valence-electron chi connectivity index (χ1n) is 6.66. The van der Waals surface area contributed by atoms with Crippen LogP contribution in [0.1, 0.15) is 25.8 Å². The molecule has 1 aromatic carbocycles. The number of alkyl halides is 3. The Balaban J connectivity index is 2.48. The van der Waals surface area contributed by atoms with Gasteiger partial charge in [0.05, 0.1) is 17.9 Å². The summed E-state index contributed by atoms with van der Waals surface area (Å²) in [6.07, 6.45) is -5.78. The van der Waals surface area contributed by atoms with Crippen LogP contribution in [-0.4, -0.2) is 18.9 Å². The highest BCUT2D eigenvalue weighted by Crippen LogP contribution is 2.49. The van der Waals surface area contributed by atoms with E-state index in [0.717, 1.165) is 6.07 Å². The molecule has 0 bridgehead atoms. The van der Waals surface area contributed by atoms with E-state index in [1.54, 1.807) is 0 Å². The van der Waals surface area contributed by atoms with Crippen molar-refractivity contribution in [1.82, 2.24) is 0 Å². The molecule has 1 aromatic rings. The van der Waals surface area contributed by atoms with Gasteiger partial charge >= 0.3 is 18.1 Å². The van der Waals surface area contributed by atoms with Crippen LogP contribution in [0.25, 0.3) is 0 Å². The van der Waals surface area contributed by atoms with E-state index in [1.807, 2.05) is 13.8 Å². The lowest BCUT2D eigenvalue weighted by Crippen LogP contribution is -2.52. The first-order valence-corrected chi connectivity index (χ1v) is 7.04. The molecule has 0 saturated heterocycles. The fourth-order valence-electron chi connectivity index (χ4n) is 2.06. The second-order valence-corrected chi connectivity index (χ2v) is 5.79. The van der Waals surface area contributed by atoms with Crippen molar-refractivity contribution in [3.8, 4) is 0 Å². The summed E-state index contributed by atoms with van der Waals surface area (Å²) in [4.78, 5) is 11.5. The molecular formula is C14H15ClF3NO3. The van der Waals surface area contributed by atoms with Crippen LogP contribution in [0.5, 0.6) is 0 Å². The maximum atomic E-state index is 13.6. The van der Waals surface area contributed by atoms with Gasteiger partial charge in [-0.25, -0.2) is 4.79 Å². The summed E-state index contributed by atoms with van der Waals surface area (Å²) in [5.41, 5.74) is -0.404. The fraction of sp³-hybridized carbons (Fsp3) is 0.500. The van der Waals surface area contributed by atoms with E-state index in [9.17, 15) is 18.0 Å². The summed E-state index contributed by atoms with van der Waals surface area (Å²) in [6.45, 7) is 3.49. The second-order valence-electron chi connectivity index (χ2n) is 5.35. The Morgan fingerprint density at radius 1 is 1.41 bits per heavy atom. The molecular weight excluding hydrogens is 323 g/mol. The zero-order chi connectivity index (χ0) is 16.5. The van der Waals surface area contributed by atoms with Gasteiger partial charge in [-0.1, -0.05) is 25.4 Å². The molecule has 0 fully saturated rings. The largest absolute Gasteiger partial charge is 0.460 e. The zero-order valence-corrected chi connectivity index (χ0v) is 12.7. The lowest BCUT2D eigenvalue weighted by Gasteiger charge is -2.39. The van der Waals surface area contributed by atoms with Gasteiger partial charge in [-0.05, 0) is 30.5 Å². The summed E-state index contributed by atoms with van der Waals surface area (Å²) >= 11 is 5.78. The van der Waals surface area contributed by atoms with E-state index >= 15 is 0 Å². The maximum absolute atomic E-state index is 13.6. The van der Waals surface area contributed by atoms with E-state index in [4.69, 9.17) is 16.3 Å². The molecule has 0 spiro atoms. The molecule has 1 amide bonds. The topological polar surface area (TPSA) is 47.6 Å². The number of cyclic esters (lactones) is 1. The second kappa shape index (κ2) is 5.96. The summed E-state index contributed by atoms with van der Waals surface area (Å²) < 4.78 is 50.5. The van der Waals surface area contributed by atoms with Crippen molar-refractivity contribution in [3.63, 3.8) is 0 Å². The number of benzene rings is 1. The number of fused-ring (bicyclic) bond motifs is 1. The van der Waals surface area contributed by atoms with Gasteiger partial charge in [-0.15, -0.1) is 0 Å². The Morgan fingerprint density at radius 3 is 2.68 bits per heavy atom. The minimum absolute atomic E-state index is 0.0393. The molecule has 0 radical (unpaired) electrons. The standard InChI is InChI=1S/C14H15ClF3NO3/c1-8(2)5-6-21-13(14(16,17)18)10-7-9(15)3-4-11(10)19-12(20)22-13/h3-4,7-8H,5-6H2,1-2H3,(H,19,20). The smallest absolute Gasteiger partial charge is 0.402 e. The van der Waals surface area contributed by atoms with Crippen molar-refractivity contribution in [2.24, 2.45) is 5.92 Å². The van der Waals surface area contributed by atoms with E-state index in [2.05, 4.69) is 10.1 Å². The number of hydrogen-bond donors (Lipinski definition) is 1. The molecule has 1 aliphatic rings. The van der Waals surface area contributed by atoms with Gasteiger partial charge in [-0.3, -0.25) is 5.32 Å². The van der Waals surface area contributed by atoms with Gasteiger partial charge in [0.15, 0.2) is 0 Å². The third-order valence-corrected chi connectivity index (χ3v) is 3.42. The van der Waals surface area contributed by atoms with Gasteiger partial charge in [0, 0.05) is 5.02 Å². The Bertz CT molecular complexity index is 577. The van der Waals surface area contributed by atoms with Gasteiger partial charge in [-0.2, -0.15) is 13.2 Å². The van der Waals surface area contributed by atoms with Crippen LogP contribution in [0.4, 0.5) is 23.7 Å². The molecule has 122 valence electrons. The quantitative estimate of drug-likeness (QED) is 0.867. The van der Waals surface area contributed by atoms with E-state index < -0.39 is 18.1 Å². The normalized spacial score (nSPS) is 21.3. The van der Waals surface area contributed by atoms with E-state index in [0.29, 0.717) is 6.42 Å². The van der Waals surface area contributed by atoms with Gasteiger partial charge in [0.1, 0.15) is 0 Å². The molecule has 1 aliphatic heterocycles. The maximum Gasteiger partial charge on any atom is 0.460 e. The number of carbonyl (C=O) groups is 1. The average Bonchev–Trinajstić information content (AvgIpc) is 2.37. The minimum atomic E-state index is -4.94. The Hall–Kier alpha value is -1.47. The van der Waals surface area contributed by atoms with Crippen molar-refractivity contribution in [1.29, 1.82) is 0 Å². The van der Waals surface area contributed by atoms with Crippen LogP contribution in [0.3, 0.4) is 0 Å². The molecule has 4 nitrogen and oxygen atoms in total. The zero-order valence-electron chi connectivity index (χ0n) is 12.0. The number of ether oxygens (including phenoxy) is 2. The van der Waals surface area contributed by atoms with Crippen LogP contribution in [-0.2, 0) is 15.3 Å². The third-order valence-electron chi connectivity index (χ3n) is 3.18. The van der Waals surface area contributed by atoms with Crippen molar-refractivity contribution in [2.75, 3.05) is 11.9 Å². The van der Waals surface area contributed by atoms with Crippen LogP contribution in [0.15, 0.2) is 18.2 Å². The van der Waals surface area contributed by atoms with E-state index in [-0.39, 0.29) is 28.8 Å². The highest BCUT2D eigenvalue weighted by molar-refractivity contribution is 6.30. The van der Waals surface area contributed by atoms with Gasteiger partial charge in [0.2, 0.25) is 0 Å². The third kappa shape index (κ3) is 3.15. The molecule has 22 heavy (non-hydrogen) atoms.